The Hall–Kier alpha value is -1.26. The zero-order valence-electron chi connectivity index (χ0n) is 16.1. The average molecular weight is 344 g/mol. The van der Waals surface area contributed by atoms with E-state index >= 15 is 0 Å². The summed E-state index contributed by atoms with van der Waals surface area (Å²) in [4.78, 5) is 23.4. The van der Waals surface area contributed by atoms with Crippen LogP contribution >= 0.6 is 0 Å². The first kappa shape index (κ1) is 22.7. The number of nitrogens with one attached hydrogen (secondary N) is 1. The van der Waals surface area contributed by atoms with Gasteiger partial charge in [-0.1, -0.05) is 52.9 Å². The predicted molar refractivity (Wildman–Crippen MR) is 96.9 cm³/mol. The Morgan fingerprint density at radius 3 is 2.25 bits per heavy atom. The maximum atomic E-state index is 12.0. The van der Waals surface area contributed by atoms with Gasteiger partial charge in [0.25, 0.3) is 0 Å². The smallest absolute Gasteiger partial charge is 0.407 e. The number of carbonyl (C=O) groups excluding carboxylic acids is 2. The summed E-state index contributed by atoms with van der Waals surface area (Å²) in [6, 6.07) is 0. The van der Waals surface area contributed by atoms with Crippen LogP contribution in [0.25, 0.3) is 0 Å². The van der Waals surface area contributed by atoms with Gasteiger partial charge in [0.2, 0.25) is 0 Å². The molecule has 24 heavy (non-hydrogen) atoms. The third kappa shape index (κ3) is 14.3. The minimum atomic E-state index is -0.424. The summed E-state index contributed by atoms with van der Waals surface area (Å²) in [5.41, 5.74) is 0. The molecule has 0 aliphatic carbocycles. The highest BCUT2D eigenvalue weighted by Gasteiger charge is 2.17. The Balaban J connectivity index is 3.95. The lowest BCUT2D eigenvalue weighted by Crippen LogP contribution is -2.31. The molecule has 1 amide bonds. The second-order valence-electron chi connectivity index (χ2n) is 6.79. The van der Waals surface area contributed by atoms with Crippen molar-refractivity contribution in [2.24, 2.45) is 11.8 Å². The van der Waals surface area contributed by atoms with E-state index in [-0.39, 0.29) is 11.9 Å². The maximum absolute atomic E-state index is 12.0. The van der Waals surface area contributed by atoms with E-state index in [0.717, 1.165) is 19.3 Å². The van der Waals surface area contributed by atoms with Crippen molar-refractivity contribution in [2.45, 2.75) is 79.1 Å². The molecule has 1 N–H and O–H groups in total. The lowest BCUT2D eigenvalue weighted by molar-refractivity contribution is -0.145. The number of carbonyl (C=O) groups is 2. The van der Waals surface area contributed by atoms with E-state index in [2.05, 4.69) is 26.1 Å². The van der Waals surface area contributed by atoms with Crippen LogP contribution in [0.5, 0.6) is 0 Å². The van der Waals surface area contributed by atoms with Crippen molar-refractivity contribution in [3.05, 3.63) is 0 Å². The van der Waals surface area contributed by atoms with Crippen molar-refractivity contribution in [2.75, 3.05) is 19.8 Å². The molecule has 1 atom stereocenters. The SMILES string of the molecule is CCCCCCCCOC(=O)C[C@@H](CNC(=O)OCC)CC(C)C. The van der Waals surface area contributed by atoms with Crippen molar-refractivity contribution in [3.8, 4) is 0 Å². The molecule has 5 heteroatoms. The molecule has 0 unspecified atom stereocenters. The van der Waals surface area contributed by atoms with Crippen molar-refractivity contribution < 1.29 is 19.1 Å². The van der Waals surface area contributed by atoms with Gasteiger partial charge in [-0.2, -0.15) is 0 Å². The quantitative estimate of drug-likeness (QED) is 0.367. The summed E-state index contributed by atoms with van der Waals surface area (Å²) in [6.45, 7) is 9.49. The number of amides is 1. The zero-order chi connectivity index (χ0) is 18.2. The molecule has 0 spiro atoms. The normalized spacial score (nSPS) is 12.0. The molecule has 0 radical (unpaired) electrons. The topological polar surface area (TPSA) is 64.6 Å². The van der Waals surface area contributed by atoms with Gasteiger partial charge in [0, 0.05) is 6.54 Å². The monoisotopic (exact) mass is 343 g/mol. The molecule has 0 heterocycles. The first-order chi connectivity index (χ1) is 11.5. The molecule has 0 saturated heterocycles. The van der Waals surface area contributed by atoms with Gasteiger partial charge >= 0.3 is 12.1 Å². The second-order valence-corrected chi connectivity index (χ2v) is 6.79. The third-order valence-corrected chi connectivity index (χ3v) is 3.83. The molecule has 0 aromatic heterocycles. The molecule has 0 fully saturated rings. The maximum Gasteiger partial charge on any atom is 0.407 e. The van der Waals surface area contributed by atoms with Crippen LogP contribution in [0.1, 0.15) is 79.1 Å². The van der Waals surface area contributed by atoms with Gasteiger partial charge < -0.3 is 14.8 Å². The fourth-order valence-corrected chi connectivity index (χ4v) is 2.68. The van der Waals surface area contributed by atoms with Gasteiger partial charge in [-0.3, -0.25) is 4.79 Å². The second kappa shape index (κ2) is 15.3. The van der Waals surface area contributed by atoms with Crippen molar-refractivity contribution in [1.29, 1.82) is 0 Å². The third-order valence-electron chi connectivity index (χ3n) is 3.83. The molecule has 0 bridgehead atoms. The van der Waals surface area contributed by atoms with Crippen LogP contribution in [-0.2, 0) is 14.3 Å². The number of hydrogen-bond donors (Lipinski definition) is 1. The molecule has 0 aromatic carbocycles. The fraction of sp³-hybridized carbons (Fsp3) is 0.895. The minimum Gasteiger partial charge on any atom is -0.466 e. The number of hydrogen-bond acceptors (Lipinski definition) is 4. The van der Waals surface area contributed by atoms with Gasteiger partial charge in [0.15, 0.2) is 0 Å². The van der Waals surface area contributed by atoms with Crippen LogP contribution in [0.4, 0.5) is 4.79 Å². The zero-order valence-corrected chi connectivity index (χ0v) is 16.1. The molecule has 0 rings (SSSR count). The van der Waals surface area contributed by atoms with Crippen LogP contribution < -0.4 is 5.32 Å². The molecule has 0 saturated carbocycles. The lowest BCUT2D eigenvalue weighted by Gasteiger charge is -2.18. The lowest BCUT2D eigenvalue weighted by atomic mass is 9.94. The van der Waals surface area contributed by atoms with E-state index in [9.17, 15) is 9.59 Å². The van der Waals surface area contributed by atoms with Gasteiger partial charge in [-0.15, -0.1) is 0 Å². The van der Waals surface area contributed by atoms with Crippen molar-refractivity contribution in [1.82, 2.24) is 5.32 Å². The molecular weight excluding hydrogens is 306 g/mol. The predicted octanol–water partition coefficient (Wildman–Crippen LogP) is 4.69. The van der Waals surface area contributed by atoms with E-state index in [1.165, 1.54) is 25.7 Å². The molecule has 0 aliphatic rings. The Kier molecular flexibility index (Phi) is 14.5. The number of esters is 1. The Morgan fingerprint density at radius 2 is 1.62 bits per heavy atom. The van der Waals surface area contributed by atoms with Crippen molar-refractivity contribution in [3.63, 3.8) is 0 Å². The van der Waals surface area contributed by atoms with E-state index in [1.54, 1.807) is 6.92 Å². The van der Waals surface area contributed by atoms with Crippen LogP contribution in [-0.4, -0.2) is 31.8 Å². The molecule has 0 aliphatic heterocycles. The van der Waals surface area contributed by atoms with Crippen LogP contribution in [0.3, 0.4) is 0 Å². The highest BCUT2D eigenvalue weighted by atomic mass is 16.5. The summed E-state index contributed by atoms with van der Waals surface area (Å²) in [5, 5.41) is 2.72. The Morgan fingerprint density at radius 1 is 0.958 bits per heavy atom. The Labute approximate surface area is 147 Å². The summed E-state index contributed by atoms with van der Waals surface area (Å²) >= 11 is 0. The summed E-state index contributed by atoms with van der Waals surface area (Å²) in [7, 11) is 0. The summed E-state index contributed by atoms with van der Waals surface area (Å²) in [6.07, 6.45) is 7.85. The fourth-order valence-electron chi connectivity index (χ4n) is 2.68. The van der Waals surface area contributed by atoms with E-state index in [4.69, 9.17) is 9.47 Å². The van der Waals surface area contributed by atoms with Crippen molar-refractivity contribution >= 4 is 12.1 Å². The molecule has 142 valence electrons. The number of unbranched alkanes of at least 4 members (excludes halogenated alkanes) is 5. The Bertz CT molecular complexity index is 331. The van der Waals surface area contributed by atoms with Gasteiger partial charge in [-0.05, 0) is 31.6 Å². The molecule has 0 aromatic rings. The molecule has 5 nitrogen and oxygen atoms in total. The van der Waals surface area contributed by atoms with Crippen LogP contribution in [0.15, 0.2) is 0 Å². The van der Waals surface area contributed by atoms with E-state index in [1.807, 2.05) is 0 Å². The molecular formula is C19H37NO4. The summed E-state index contributed by atoms with van der Waals surface area (Å²) < 4.78 is 10.2. The average Bonchev–Trinajstić information content (AvgIpc) is 2.51. The highest BCUT2D eigenvalue weighted by molar-refractivity contribution is 5.70. The van der Waals surface area contributed by atoms with Crippen LogP contribution in [0, 0.1) is 11.8 Å². The highest BCUT2D eigenvalue weighted by Crippen LogP contribution is 2.16. The number of rotatable bonds is 14. The largest absolute Gasteiger partial charge is 0.466 e. The van der Waals surface area contributed by atoms with Gasteiger partial charge in [-0.25, -0.2) is 4.79 Å². The van der Waals surface area contributed by atoms with E-state index < -0.39 is 6.09 Å². The first-order valence-corrected chi connectivity index (χ1v) is 9.55. The van der Waals surface area contributed by atoms with Gasteiger partial charge in [0.1, 0.15) is 0 Å². The summed E-state index contributed by atoms with van der Waals surface area (Å²) in [5.74, 6) is 0.386. The van der Waals surface area contributed by atoms with Crippen LogP contribution in [0.2, 0.25) is 0 Å². The first-order valence-electron chi connectivity index (χ1n) is 9.55. The van der Waals surface area contributed by atoms with E-state index in [0.29, 0.717) is 32.1 Å². The number of ether oxygens (including phenoxy) is 2. The minimum absolute atomic E-state index is 0.0893. The standard InChI is InChI=1S/C19H37NO4/c1-5-7-8-9-10-11-12-24-18(21)14-17(13-16(3)4)15-20-19(22)23-6-2/h16-17H,5-15H2,1-4H3,(H,20,22)/t17-/m0/s1. The van der Waals surface area contributed by atoms with Gasteiger partial charge in [0.05, 0.1) is 19.6 Å². The number of alkyl carbamates (subject to hydrolysis) is 1.